The second-order valence-corrected chi connectivity index (χ2v) is 5.01. The average Bonchev–Trinajstić information content (AvgIpc) is 2.79. The molecular weight excluding hydrogens is 224 g/mol. The molecular formula is C15H26N2O. The molecule has 3 heteroatoms. The van der Waals surface area contributed by atoms with Gasteiger partial charge in [-0.15, -0.1) is 0 Å². The van der Waals surface area contributed by atoms with E-state index in [2.05, 4.69) is 25.7 Å². The average molecular weight is 250 g/mol. The van der Waals surface area contributed by atoms with Crippen LogP contribution in [0.15, 0.2) is 18.3 Å². The lowest BCUT2D eigenvalue weighted by Crippen LogP contribution is -2.38. The Kier molecular flexibility index (Phi) is 6.13. The topological polar surface area (TPSA) is 25.2 Å². The molecule has 0 radical (unpaired) electrons. The summed E-state index contributed by atoms with van der Waals surface area (Å²) in [5, 5.41) is 0. The van der Waals surface area contributed by atoms with E-state index in [4.69, 9.17) is 0 Å². The zero-order chi connectivity index (χ0) is 13.5. The van der Waals surface area contributed by atoms with Crippen LogP contribution in [-0.2, 0) is 7.05 Å². The third-order valence-corrected chi connectivity index (χ3v) is 3.59. The Bertz CT molecular complexity index is 370. The van der Waals surface area contributed by atoms with Crippen LogP contribution in [0, 0.1) is 0 Å². The fourth-order valence-electron chi connectivity index (χ4n) is 2.09. The fourth-order valence-corrected chi connectivity index (χ4v) is 2.09. The predicted octanol–water partition coefficient (Wildman–Crippen LogP) is 3.11. The van der Waals surface area contributed by atoms with E-state index >= 15 is 0 Å². The minimum atomic E-state index is 0.221. The van der Waals surface area contributed by atoms with Crippen LogP contribution in [0.2, 0.25) is 0 Å². The number of nitrogens with zero attached hydrogens (tertiary/aromatic N) is 2. The number of hydrogen-bond acceptors (Lipinski definition) is 2. The van der Waals surface area contributed by atoms with Crippen LogP contribution in [0.3, 0.4) is 0 Å². The summed E-state index contributed by atoms with van der Waals surface area (Å²) in [6.07, 6.45) is 5.34. The summed E-state index contributed by atoms with van der Waals surface area (Å²) >= 11 is 0. The van der Waals surface area contributed by atoms with Gasteiger partial charge >= 0.3 is 0 Å². The number of ketones is 1. The van der Waals surface area contributed by atoms with Crippen LogP contribution < -0.4 is 0 Å². The number of rotatable bonds is 8. The molecule has 1 aromatic rings. The molecule has 18 heavy (non-hydrogen) atoms. The fraction of sp³-hybridized carbons (Fsp3) is 0.667. The van der Waals surface area contributed by atoms with Gasteiger partial charge < -0.3 is 4.57 Å². The van der Waals surface area contributed by atoms with Gasteiger partial charge in [0.1, 0.15) is 0 Å². The molecule has 0 N–H and O–H groups in total. The molecule has 0 aliphatic carbocycles. The lowest BCUT2D eigenvalue weighted by molar-refractivity contribution is 0.0886. The Morgan fingerprint density at radius 1 is 1.44 bits per heavy atom. The number of aryl methyl sites for hydroxylation is 1. The van der Waals surface area contributed by atoms with Crippen LogP contribution in [0.5, 0.6) is 0 Å². The maximum atomic E-state index is 12.3. The summed E-state index contributed by atoms with van der Waals surface area (Å²) in [5.41, 5.74) is 0.805. The van der Waals surface area contributed by atoms with E-state index in [1.54, 1.807) is 0 Å². The van der Waals surface area contributed by atoms with Crippen molar-refractivity contribution in [3.8, 4) is 0 Å². The largest absolute Gasteiger partial charge is 0.348 e. The third-order valence-electron chi connectivity index (χ3n) is 3.59. The van der Waals surface area contributed by atoms with Crippen LogP contribution in [-0.4, -0.2) is 34.4 Å². The highest BCUT2D eigenvalue weighted by atomic mass is 16.1. The number of carbonyl (C=O) groups excluding carboxylic acids is 1. The minimum Gasteiger partial charge on any atom is -0.348 e. The van der Waals surface area contributed by atoms with E-state index in [0.717, 1.165) is 25.1 Å². The van der Waals surface area contributed by atoms with Gasteiger partial charge in [-0.3, -0.25) is 9.69 Å². The Labute approximate surface area is 111 Å². The van der Waals surface area contributed by atoms with Crippen LogP contribution >= 0.6 is 0 Å². The molecule has 3 nitrogen and oxygen atoms in total. The molecule has 1 heterocycles. The summed E-state index contributed by atoms with van der Waals surface area (Å²) in [7, 11) is 1.92. The van der Waals surface area contributed by atoms with Gasteiger partial charge in [0.25, 0.3) is 0 Å². The Balaban J connectivity index is 2.65. The van der Waals surface area contributed by atoms with Gasteiger partial charge in [-0.25, -0.2) is 0 Å². The number of aromatic nitrogens is 1. The van der Waals surface area contributed by atoms with Gasteiger partial charge in [0.05, 0.1) is 12.2 Å². The molecule has 1 rings (SSSR count). The third kappa shape index (κ3) is 3.98. The van der Waals surface area contributed by atoms with Crippen molar-refractivity contribution >= 4 is 5.78 Å². The maximum absolute atomic E-state index is 12.3. The van der Waals surface area contributed by atoms with Crippen molar-refractivity contribution in [3.63, 3.8) is 0 Å². The molecule has 0 aliphatic rings. The van der Waals surface area contributed by atoms with Crippen molar-refractivity contribution in [2.45, 2.75) is 46.1 Å². The second-order valence-electron chi connectivity index (χ2n) is 5.01. The first-order chi connectivity index (χ1) is 8.60. The van der Waals surface area contributed by atoms with Gasteiger partial charge in [-0.1, -0.05) is 20.3 Å². The lowest BCUT2D eigenvalue weighted by Gasteiger charge is -2.27. The summed E-state index contributed by atoms with van der Waals surface area (Å²) in [6, 6.07) is 4.30. The molecule has 102 valence electrons. The molecule has 0 amide bonds. The minimum absolute atomic E-state index is 0.221. The molecule has 0 aliphatic heterocycles. The van der Waals surface area contributed by atoms with Gasteiger partial charge in [-0.2, -0.15) is 0 Å². The highest BCUT2D eigenvalue weighted by molar-refractivity contribution is 5.96. The van der Waals surface area contributed by atoms with Crippen molar-refractivity contribution in [1.29, 1.82) is 0 Å². The summed E-state index contributed by atoms with van der Waals surface area (Å²) in [5.74, 6) is 0.221. The summed E-state index contributed by atoms with van der Waals surface area (Å²) in [6.45, 7) is 8.12. The Hall–Kier alpha value is -1.09. The molecule has 0 saturated carbocycles. The molecule has 1 unspecified atom stereocenters. The van der Waals surface area contributed by atoms with E-state index in [1.807, 2.05) is 29.9 Å². The van der Waals surface area contributed by atoms with Crippen molar-refractivity contribution < 1.29 is 4.79 Å². The highest BCUT2D eigenvalue weighted by Gasteiger charge is 2.17. The van der Waals surface area contributed by atoms with Crippen LogP contribution in [0.25, 0.3) is 0 Å². The van der Waals surface area contributed by atoms with E-state index in [9.17, 15) is 4.79 Å². The standard InChI is InChI=1S/C15H26N2O/c1-5-7-11-17(13(3)6-2)12-15(18)14-9-8-10-16(14)4/h8-10,13H,5-7,11-12H2,1-4H3. The Morgan fingerprint density at radius 3 is 2.67 bits per heavy atom. The first-order valence-electron chi connectivity index (χ1n) is 6.98. The monoisotopic (exact) mass is 250 g/mol. The van der Waals surface area contributed by atoms with Gasteiger partial charge in [-0.05, 0) is 38.4 Å². The first-order valence-corrected chi connectivity index (χ1v) is 6.98. The van der Waals surface area contributed by atoms with E-state index in [0.29, 0.717) is 12.6 Å². The van der Waals surface area contributed by atoms with Crippen molar-refractivity contribution in [1.82, 2.24) is 9.47 Å². The molecule has 0 fully saturated rings. The van der Waals surface area contributed by atoms with Crippen LogP contribution in [0.1, 0.15) is 50.5 Å². The molecule has 0 bridgehead atoms. The van der Waals surface area contributed by atoms with Gasteiger partial charge in [0.2, 0.25) is 0 Å². The number of carbonyl (C=O) groups is 1. The molecule has 0 spiro atoms. The zero-order valence-electron chi connectivity index (χ0n) is 12.1. The van der Waals surface area contributed by atoms with Crippen molar-refractivity contribution in [2.24, 2.45) is 7.05 Å². The molecule has 1 atom stereocenters. The van der Waals surface area contributed by atoms with Crippen LogP contribution in [0.4, 0.5) is 0 Å². The first kappa shape index (κ1) is 15.0. The van der Waals surface area contributed by atoms with Gasteiger partial charge in [0, 0.05) is 19.3 Å². The van der Waals surface area contributed by atoms with E-state index in [-0.39, 0.29) is 5.78 Å². The normalized spacial score (nSPS) is 12.9. The van der Waals surface area contributed by atoms with Crippen molar-refractivity contribution in [3.05, 3.63) is 24.0 Å². The Morgan fingerprint density at radius 2 is 2.17 bits per heavy atom. The number of Topliss-reactive ketones (excluding diaryl/α,β-unsaturated/α-hetero) is 1. The zero-order valence-corrected chi connectivity index (χ0v) is 12.1. The SMILES string of the molecule is CCCCN(CC(=O)c1cccn1C)C(C)CC. The predicted molar refractivity (Wildman–Crippen MR) is 76.0 cm³/mol. The molecule has 1 aromatic heterocycles. The summed E-state index contributed by atoms with van der Waals surface area (Å²) in [4.78, 5) is 14.6. The van der Waals surface area contributed by atoms with E-state index < -0.39 is 0 Å². The van der Waals surface area contributed by atoms with E-state index in [1.165, 1.54) is 6.42 Å². The maximum Gasteiger partial charge on any atom is 0.193 e. The second kappa shape index (κ2) is 7.37. The van der Waals surface area contributed by atoms with Gasteiger partial charge in [0.15, 0.2) is 5.78 Å². The summed E-state index contributed by atoms with van der Waals surface area (Å²) < 4.78 is 1.90. The molecule has 0 saturated heterocycles. The quantitative estimate of drug-likeness (QED) is 0.662. The number of hydrogen-bond donors (Lipinski definition) is 0. The smallest absolute Gasteiger partial charge is 0.193 e. The highest BCUT2D eigenvalue weighted by Crippen LogP contribution is 2.09. The number of unbranched alkanes of at least 4 members (excludes halogenated alkanes) is 1. The van der Waals surface area contributed by atoms with Crippen molar-refractivity contribution in [2.75, 3.05) is 13.1 Å². The lowest BCUT2D eigenvalue weighted by atomic mass is 10.1. The molecule has 0 aromatic carbocycles.